The fraction of sp³-hybridized carbons (Fsp3) is 0.579. The Morgan fingerprint density at radius 2 is 1.69 bits per heavy atom. The predicted octanol–water partition coefficient (Wildman–Crippen LogP) is 11.9. The monoisotopic (exact) mass is 577 g/mol. The van der Waals surface area contributed by atoms with Gasteiger partial charge in [0, 0.05) is 18.2 Å². The predicted molar refractivity (Wildman–Crippen MR) is 190 cm³/mol. The molecule has 4 nitrogen and oxygen atoms in total. The van der Waals surface area contributed by atoms with E-state index in [-0.39, 0.29) is 5.78 Å². The number of hydrogen-bond acceptors (Lipinski definition) is 3. The maximum Gasteiger partial charge on any atom is 0.204 e. The van der Waals surface area contributed by atoms with Crippen molar-refractivity contribution in [3.8, 4) is 12.3 Å². The first-order valence-corrected chi connectivity index (χ1v) is 16.5. The van der Waals surface area contributed by atoms with Gasteiger partial charge in [-0.25, -0.2) is 4.98 Å². The Morgan fingerprint density at radius 1 is 1.00 bits per heavy atom. The highest BCUT2D eigenvalue weighted by molar-refractivity contribution is 5.97. The van der Waals surface area contributed by atoms with Crippen LogP contribution in [0.5, 0.6) is 0 Å². The molecule has 1 unspecified atom stereocenters. The van der Waals surface area contributed by atoms with Gasteiger partial charge in [-0.3, -0.25) is 4.79 Å². The van der Waals surface area contributed by atoms with Gasteiger partial charge < -0.3 is 9.88 Å². The van der Waals surface area contributed by atoms with Crippen molar-refractivity contribution in [2.24, 2.45) is 0 Å². The molecule has 1 atom stereocenters. The molecule has 0 saturated heterocycles. The molecule has 4 heteroatoms. The van der Waals surface area contributed by atoms with E-state index in [9.17, 15) is 4.79 Å². The summed E-state index contributed by atoms with van der Waals surface area (Å²) in [7, 11) is 0. The maximum absolute atomic E-state index is 11.8. The molecule has 2 aromatic rings. The number of terminal acetylenes is 1. The summed E-state index contributed by atoms with van der Waals surface area (Å²) in [5.41, 5.74) is 5.21. The summed E-state index contributed by atoms with van der Waals surface area (Å²) in [4.78, 5) is 16.6. The number of nitrogens with zero attached hydrogens (tertiary/aromatic N) is 2. The summed E-state index contributed by atoms with van der Waals surface area (Å²) in [5.74, 6) is 3.48. The minimum Gasteiger partial charge on any atom is -0.352 e. The van der Waals surface area contributed by atoms with Crippen LogP contribution in [-0.2, 0) is 0 Å². The number of ketones is 1. The SMILES string of the molecule is C#C/C=C(\C)CNc1nc2cc(C(C)=O)ccc2n1C(CC)CCCCCC.CC.CC.CC/C=C\C/C=C(/C)CC. The van der Waals surface area contributed by atoms with E-state index in [1.54, 1.807) is 13.0 Å². The van der Waals surface area contributed by atoms with E-state index in [0.29, 0.717) is 18.2 Å². The molecule has 0 aliphatic carbocycles. The number of unbranched alkanes of at least 4 members (excludes halogenated alkanes) is 3. The van der Waals surface area contributed by atoms with Gasteiger partial charge in [-0.15, -0.1) is 6.42 Å². The lowest BCUT2D eigenvalue weighted by Crippen LogP contribution is -2.14. The Balaban J connectivity index is 0. The van der Waals surface area contributed by atoms with Crippen LogP contribution in [0, 0.1) is 12.3 Å². The molecule has 1 aromatic heterocycles. The number of rotatable bonds is 15. The van der Waals surface area contributed by atoms with E-state index in [0.717, 1.165) is 48.2 Å². The Bertz CT molecular complexity index is 1110. The number of fused-ring (bicyclic) bond motifs is 1. The van der Waals surface area contributed by atoms with Crippen molar-refractivity contribution < 1.29 is 4.79 Å². The topological polar surface area (TPSA) is 46.9 Å². The summed E-state index contributed by atoms with van der Waals surface area (Å²) < 4.78 is 2.31. The first-order chi connectivity index (χ1) is 20.3. The van der Waals surface area contributed by atoms with Gasteiger partial charge >= 0.3 is 0 Å². The number of allylic oxidation sites excluding steroid dienone is 5. The fourth-order valence-corrected chi connectivity index (χ4v) is 4.22. The highest BCUT2D eigenvalue weighted by Crippen LogP contribution is 2.30. The van der Waals surface area contributed by atoms with Crippen LogP contribution in [0.25, 0.3) is 11.0 Å². The Morgan fingerprint density at radius 3 is 2.24 bits per heavy atom. The third-order valence-electron chi connectivity index (χ3n) is 6.74. The van der Waals surface area contributed by atoms with Crippen molar-refractivity contribution in [1.29, 1.82) is 0 Å². The van der Waals surface area contributed by atoms with Gasteiger partial charge in [0.25, 0.3) is 0 Å². The average Bonchev–Trinajstić information content (AvgIpc) is 3.38. The van der Waals surface area contributed by atoms with Crippen LogP contribution in [0.3, 0.4) is 0 Å². The highest BCUT2D eigenvalue weighted by Gasteiger charge is 2.18. The van der Waals surface area contributed by atoms with E-state index in [1.807, 2.05) is 52.8 Å². The Kier molecular flexibility index (Phi) is 26.2. The lowest BCUT2D eigenvalue weighted by atomic mass is 10.0. The zero-order chi connectivity index (χ0) is 32.3. The summed E-state index contributed by atoms with van der Waals surface area (Å²) in [6.45, 7) is 23.2. The van der Waals surface area contributed by atoms with Crippen LogP contribution in [-0.4, -0.2) is 21.9 Å². The summed E-state index contributed by atoms with van der Waals surface area (Å²) in [6.07, 6.45) is 24.5. The second-order valence-electron chi connectivity index (χ2n) is 10.0. The highest BCUT2D eigenvalue weighted by atomic mass is 16.1. The van der Waals surface area contributed by atoms with Crippen LogP contribution < -0.4 is 5.32 Å². The Labute approximate surface area is 260 Å². The van der Waals surface area contributed by atoms with Crippen molar-refractivity contribution >= 4 is 22.8 Å². The lowest BCUT2D eigenvalue weighted by molar-refractivity contribution is 0.101. The molecule has 236 valence electrons. The van der Waals surface area contributed by atoms with Crippen LogP contribution >= 0.6 is 0 Å². The molecule has 0 fully saturated rings. The third kappa shape index (κ3) is 16.4. The number of hydrogen-bond donors (Lipinski definition) is 1. The normalized spacial score (nSPS) is 11.9. The lowest BCUT2D eigenvalue weighted by Gasteiger charge is -2.21. The van der Waals surface area contributed by atoms with Gasteiger partial charge in [0.05, 0.1) is 11.0 Å². The second-order valence-corrected chi connectivity index (χ2v) is 10.0. The Hall–Kier alpha value is -3.06. The van der Waals surface area contributed by atoms with Gasteiger partial charge in [0.1, 0.15) is 0 Å². The minimum atomic E-state index is 0.0605. The molecule has 0 bridgehead atoms. The number of nitrogens with one attached hydrogen (secondary N) is 1. The molecule has 1 aromatic carbocycles. The van der Waals surface area contributed by atoms with Crippen molar-refractivity contribution in [3.05, 3.63) is 59.2 Å². The molecule has 2 rings (SSSR count). The molecular formula is C38H63N3O. The van der Waals surface area contributed by atoms with Crippen molar-refractivity contribution in [2.75, 3.05) is 11.9 Å². The fourth-order valence-electron chi connectivity index (χ4n) is 4.22. The van der Waals surface area contributed by atoms with Crippen LogP contribution in [0.2, 0.25) is 0 Å². The first kappa shape index (κ1) is 41.1. The van der Waals surface area contributed by atoms with Crippen LogP contribution in [0.15, 0.2) is 53.6 Å². The van der Waals surface area contributed by atoms with Crippen molar-refractivity contribution in [1.82, 2.24) is 9.55 Å². The van der Waals surface area contributed by atoms with E-state index >= 15 is 0 Å². The van der Waals surface area contributed by atoms with Gasteiger partial charge in [-0.1, -0.05) is 111 Å². The molecular weight excluding hydrogens is 514 g/mol. The standard InChI is InChI=1S/C24H33N3O.C10H18.2C2H6/c1-6-9-10-11-13-21(8-3)27-23-15-14-20(19(5)28)16-22(23)26-24(27)25-17-18(4)12-7-2;1-4-6-7-8-9-10(3)5-2;2*1-2/h2,12,14-16,21H,6,8-11,13,17H2,1,3-5H3,(H,25,26);6-7,9H,4-5,8H2,1-3H3;2*1-2H3/b18-12+;7-6-,10-9-;;. The molecule has 0 radical (unpaired) electrons. The molecule has 0 amide bonds. The number of Topliss-reactive ketones (excluding diaryl/α,β-unsaturated/α-hetero) is 1. The largest absolute Gasteiger partial charge is 0.352 e. The number of imidazole rings is 1. The molecule has 0 saturated carbocycles. The van der Waals surface area contributed by atoms with Gasteiger partial charge in [0.2, 0.25) is 5.95 Å². The van der Waals surface area contributed by atoms with E-state index in [4.69, 9.17) is 11.4 Å². The van der Waals surface area contributed by atoms with Crippen molar-refractivity contribution in [2.45, 2.75) is 140 Å². The summed E-state index contributed by atoms with van der Waals surface area (Å²) in [5, 5.41) is 3.46. The van der Waals surface area contributed by atoms with Gasteiger partial charge in [-0.05, 0) is 82.7 Å². The molecule has 1 N–H and O–H groups in total. The third-order valence-corrected chi connectivity index (χ3v) is 6.74. The van der Waals surface area contributed by atoms with Crippen LogP contribution in [0.4, 0.5) is 5.95 Å². The number of benzene rings is 1. The second kappa shape index (κ2) is 26.8. The van der Waals surface area contributed by atoms with Crippen molar-refractivity contribution in [3.63, 3.8) is 0 Å². The number of carbonyl (C=O) groups excluding carboxylic acids is 1. The zero-order valence-electron chi connectivity index (χ0n) is 29.1. The maximum atomic E-state index is 11.8. The smallest absolute Gasteiger partial charge is 0.204 e. The number of carbonyl (C=O) groups is 1. The number of anilines is 1. The molecule has 0 aliphatic heterocycles. The molecule has 1 heterocycles. The molecule has 0 aliphatic rings. The van der Waals surface area contributed by atoms with E-state index in [1.165, 1.54) is 37.7 Å². The summed E-state index contributed by atoms with van der Waals surface area (Å²) >= 11 is 0. The molecule has 0 spiro atoms. The van der Waals surface area contributed by atoms with E-state index in [2.05, 4.69) is 68.7 Å². The van der Waals surface area contributed by atoms with Gasteiger partial charge in [0.15, 0.2) is 5.78 Å². The zero-order valence-corrected chi connectivity index (χ0v) is 29.1. The van der Waals surface area contributed by atoms with Crippen LogP contribution in [0.1, 0.15) is 150 Å². The van der Waals surface area contributed by atoms with E-state index < -0.39 is 0 Å². The quantitative estimate of drug-likeness (QED) is 0.0991. The van der Waals surface area contributed by atoms with Gasteiger partial charge in [-0.2, -0.15) is 0 Å². The minimum absolute atomic E-state index is 0.0605. The number of aromatic nitrogens is 2. The first-order valence-electron chi connectivity index (χ1n) is 16.5. The summed E-state index contributed by atoms with van der Waals surface area (Å²) in [6, 6.07) is 6.21. The molecule has 42 heavy (non-hydrogen) atoms. The average molecular weight is 578 g/mol.